The molecule has 1 aromatic carbocycles. The number of nitrogens with one attached hydrogen (secondary N) is 1. The standard InChI is InChI=1S/C15H20N2O2/c1-2-3-8-17(9-10-18)14-11-12-6-4-5-7-13(12)15(19)16-14/h4-7,11,18H,2-3,8-10H2,1H3,(H,16,19). The molecule has 0 fully saturated rings. The summed E-state index contributed by atoms with van der Waals surface area (Å²) in [6, 6.07) is 9.52. The van der Waals surface area contributed by atoms with E-state index in [1.165, 1.54) is 0 Å². The number of aromatic nitrogens is 1. The molecule has 1 heterocycles. The molecule has 102 valence electrons. The van der Waals surface area contributed by atoms with E-state index in [-0.39, 0.29) is 12.2 Å². The molecule has 4 heteroatoms. The summed E-state index contributed by atoms with van der Waals surface area (Å²) >= 11 is 0. The maximum Gasteiger partial charge on any atom is 0.257 e. The van der Waals surface area contributed by atoms with E-state index in [0.29, 0.717) is 11.9 Å². The lowest BCUT2D eigenvalue weighted by molar-refractivity contribution is 0.301. The van der Waals surface area contributed by atoms with Gasteiger partial charge in [-0.05, 0) is 23.9 Å². The normalized spacial score (nSPS) is 10.8. The predicted molar refractivity (Wildman–Crippen MR) is 78.8 cm³/mol. The quantitative estimate of drug-likeness (QED) is 0.836. The topological polar surface area (TPSA) is 56.3 Å². The van der Waals surface area contributed by atoms with Crippen LogP contribution in [0.5, 0.6) is 0 Å². The largest absolute Gasteiger partial charge is 0.395 e. The van der Waals surface area contributed by atoms with Gasteiger partial charge in [0.1, 0.15) is 5.82 Å². The van der Waals surface area contributed by atoms with E-state index < -0.39 is 0 Å². The number of hydrogen-bond donors (Lipinski definition) is 2. The lowest BCUT2D eigenvalue weighted by Gasteiger charge is -2.23. The van der Waals surface area contributed by atoms with Crippen LogP contribution in [0.4, 0.5) is 5.82 Å². The summed E-state index contributed by atoms with van der Waals surface area (Å²) in [6.45, 7) is 3.58. The Morgan fingerprint density at radius 2 is 2.05 bits per heavy atom. The minimum Gasteiger partial charge on any atom is -0.395 e. The summed E-state index contributed by atoms with van der Waals surface area (Å²) in [5.74, 6) is 0.784. The molecule has 0 aliphatic heterocycles. The van der Waals surface area contributed by atoms with E-state index in [0.717, 1.165) is 30.6 Å². The predicted octanol–water partition coefficient (Wildman–Crippen LogP) is 2.13. The number of hydrogen-bond acceptors (Lipinski definition) is 3. The van der Waals surface area contributed by atoms with Crippen LogP contribution in [0.2, 0.25) is 0 Å². The van der Waals surface area contributed by atoms with Gasteiger partial charge in [-0.3, -0.25) is 4.79 Å². The van der Waals surface area contributed by atoms with Crippen LogP contribution in [-0.2, 0) is 0 Å². The highest BCUT2D eigenvalue weighted by atomic mass is 16.3. The third-order valence-corrected chi connectivity index (χ3v) is 3.23. The molecule has 2 aromatic rings. The lowest BCUT2D eigenvalue weighted by Crippen LogP contribution is -2.30. The first kappa shape index (κ1) is 13.6. The van der Waals surface area contributed by atoms with Crippen LogP contribution in [-0.4, -0.2) is 29.8 Å². The molecule has 2 rings (SSSR count). The molecular formula is C15H20N2O2. The fraction of sp³-hybridized carbons (Fsp3) is 0.400. The SMILES string of the molecule is CCCCN(CCO)c1cc2ccccc2c(=O)[nH]1. The summed E-state index contributed by atoms with van der Waals surface area (Å²) in [6.07, 6.45) is 2.12. The second-order valence-corrected chi connectivity index (χ2v) is 4.64. The van der Waals surface area contributed by atoms with Gasteiger partial charge in [-0.2, -0.15) is 0 Å². The number of aliphatic hydroxyl groups is 1. The molecule has 4 nitrogen and oxygen atoms in total. The van der Waals surface area contributed by atoms with Gasteiger partial charge >= 0.3 is 0 Å². The number of benzene rings is 1. The molecule has 0 bridgehead atoms. The molecule has 0 amide bonds. The van der Waals surface area contributed by atoms with Gasteiger partial charge in [0.2, 0.25) is 0 Å². The van der Waals surface area contributed by atoms with Gasteiger partial charge in [0.25, 0.3) is 5.56 Å². The van der Waals surface area contributed by atoms with Crippen molar-refractivity contribution < 1.29 is 5.11 Å². The van der Waals surface area contributed by atoms with E-state index in [1.807, 2.05) is 35.2 Å². The number of rotatable bonds is 6. The zero-order valence-electron chi connectivity index (χ0n) is 11.2. The molecule has 0 aliphatic carbocycles. The van der Waals surface area contributed by atoms with Crippen molar-refractivity contribution in [2.45, 2.75) is 19.8 Å². The summed E-state index contributed by atoms with van der Waals surface area (Å²) in [7, 11) is 0. The summed E-state index contributed by atoms with van der Waals surface area (Å²) < 4.78 is 0. The zero-order valence-corrected chi connectivity index (χ0v) is 11.2. The third kappa shape index (κ3) is 3.15. The smallest absolute Gasteiger partial charge is 0.257 e. The number of aromatic amines is 1. The second-order valence-electron chi connectivity index (χ2n) is 4.64. The first-order valence-electron chi connectivity index (χ1n) is 6.74. The monoisotopic (exact) mass is 260 g/mol. The fourth-order valence-corrected chi connectivity index (χ4v) is 2.19. The molecule has 0 radical (unpaired) electrons. The average Bonchev–Trinajstić information content (AvgIpc) is 2.43. The maximum absolute atomic E-state index is 12.0. The first-order chi connectivity index (χ1) is 9.26. The zero-order chi connectivity index (χ0) is 13.7. The van der Waals surface area contributed by atoms with Gasteiger partial charge in [0.15, 0.2) is 0 Å². The molecule has 0 aliphatic rings. The number of unbranched alkanes of at least 4 members (excludes halogenated alkanes) is 1. The molecule has 1 aromatic heterocycles. The van der Waals surface area contributed by atoms with Crippen molar-refractivity contribution in [3.63, 3.8) is 0 Å². The number of pyridine rings is 1. The highest BCUT2D eigenvalue weighted by Crippen LogP contribution is 2.16. The minimum atomic E-state index is -0.0764. The molecule has 0 atom stereocenters. The Labute approximate surface area is 112 Å². The number of fused-ring (bicyclic) bond motifs is 1. The average molecular weight is 260 g/mol. The van der Waals surface area contributed by atoms with Crippen molar-refractivity contribution in [2.24, 2.45) is 0 Å². The maximum atomic E-state index is 12.0. The Balaban J connectivity index is 2.39. The molecule has 0 saturated heterocycles. The van der Waals surface area contributed by atoms with Crippen molar-refractivity contribution in [2.75, 3.05) is 24.6 Å². The molecule has 0 saturated carbocycles. The van der Waals surface area contributed by atoms with E-state index in [1.54, 1.807) is 0 Å². The molecule has 2 N–H and O–H groups in total. The van der Waals surface area contributed by atoms with Crippen LogP contribution >= 0.6 is 0 Å². The molecular weight excluding hydrogens is 240 g/mol. The molecule has 0 spiro atoms. The number of aliphatic hydroxyl groups excluding tert-OH is 1. The van der Waals surface area contributed by atoms with Gasteiger partial charge in [0.05, 0.1) is 6.61 Å². The van der Waals surface area contributed by atoms with Crippen LogP contribution in [0.1, 0.15) is 19.8 Å². The van der Waals surface area contributed by atoms with Crippen molar-refractivity contribution in [3.8, 4) is 0 Å². The fourth-order valence-electron chi connectivity index (χ4n) is 2.19. The Hall–Kier alpha value is -1.81. The van der Waals surface area contributed by atoms with E-state index >= 15 is 0 Å². The van der Waals surface area contributed by atoms with Crippen molar-refractivity contribution in [3.05, 3.63) is 40.7 Å². The van der Waals surface area contributed by atoms with Crippen LogP contribution < -0.4 is 10.5 Å². The van der Waals surface area contributed by atoms with E-state index in [9.17, 15) is 4.79 Å². The van der Waals surface area contributed by atoms with Crippen LogP contribution in [0, 0.1) is 0 Å². The van der Waals surface area contributed by atoms with Crippen molar-refractivity contribution in [1.29, 1.82) is 0 Å². The van der Waals surface area contributed by atoms with Crippen LogP contribution in [0.25, 0.3) is 10.8 Å². The van der Waals surface area contributed by atoms with E-state index in [2.05, 4.69) is 11.9 Å². The summed E-state index contributed by atoms with van der Waals surface area (Å²) in [5, 5.41) is 10.8. The molecule has 19 heavy (non-hydrogen) atoms. The van der Waals surface area contributed by atoms with Gasteiger partial charge in [-0.15, -0.1) is 0 Å². The second kappa shape index (κ2) is 6.38. The minimum absolute atomic E-state index is 0.0764. The Morgan fingerprint density at radius 1 is 1.26 bits per heavy atom. The van der Waals surface area contributed by atoms with Crippen LogP contribution in [0.3, 0.4) is 0 Å². The lowest BCUT2D eigenvalue weighted by atomic mass is 10.1. The summed E-state index contributed by atoms with van der Waals surface area (Å²) in [5.41, 5.74) is -0.0764. The number of anilines is 1. The van der Waals surface area contributed by atoms with Crippen molar-refractivity contribution >= 4 is 16.6 Å². The molecule has 0 unspecified atom stereocenters. The van der Waals surface area contributed by atoms with Crippen LogP contribution in [0.15, 0.2) is 35.1 Å². The van der Waals surface area contributed by atoms with E-state index in [4.69, 9.17) is 5.11 Å². The Bertz CT molecular complexity index is 592. The highest BCUT2D eigenvalue weighted by molar-refractivity contribution is 5.83. The first-order valence-corrected chi connectivity index (χ1v) is 6.74. The Morgan fingerprint density at radius 3 is 2.79 bits per heavy atom. The third-order valence-electron chi connectivity index (χ3n) is 3.23. The Kier molecular flexibility index (Phi) is 4.58. The van der Waals surface area contributed by atoms with Crippen molar-refractivity contribution in [1.82, 2.24) is 4.98 Å². The van der Waals surface area contributed by atoms with Gasteiger partial charge in [0, 0.05) is 18.5 Å². The van der Waals surface area contributed by atoms with Gasteiger partial charge < -0.3 is 15.0 Å². The number of H-pyrrole nitrogens is 1. The number of nitrogens with zero attached hydrogens (tertiary/aromatic N) is 1. The summed E-state index contributed by atoms with van der Waals surface area (Å²) in [4.78, 5) is 17.0. The van der Waals surface area contributed by atoms with Gasteiger partial charge in [-0.1, -0.05) is 31.5 Å². The van der Waals surface area contributed by atoms with Gasteiger partial charge in [-0.25, -0.2) is 0 Å². The highest BCUT2D eigenvalue weighted by Gasteiger charge is 2.08.